The van der Waals surface area contributed by atoms with Gasteiger partial charge in [-0.3, -0.25) is 24.5 Å². The van der Waals surface area contributed by atoms with Crippen molar-refractivity contribution in [2.24, 2.45) is 11.8 Å². The van der Waals surface area contributed by atoms with E-state index in [4.69, 9.17) is 0 Å². The lowest BCUT2D eigenvalue weighted by Crippen LogP contribution is -2.64. The van der Waals surface area contributed by atoms with Gasteiger partial charge in [0.05, 0.1) is 0 Å². The monoisotopic (exact) mass is 467 g/mol. The van der Waals surface area contributed by atoms with Gasteiger partial charge in [0, 0.05) is 76.2 Å². The summed E-state index contributed by atoms with van der Waals surface area (Å²) in [6.45, 7) is 13.2. The molecule has 0 spiro atoms. The van der Waals surface area contributed by atoms with Crippen LogP contribution in [-0.2, 0) is 11.3 Å². The van der Waals surface area contributed by atoms with Gasteiger partial charge in [-0.1, -0.05) is 6.07 Å². The maximum absolute atomic E-state index is 13.0. The highest BCUT2D eigenvalue weighted by molar-refractivity contribution is 5.76. The van der Waals surface area contributed by atoms with Crippen LogP contribution in [-0.4, -0.2) is 94.4 Å². The number of hydrogen-bond acceptors (Lipinski definition) is 5. The summed E-state index contributed by atoms with van der Waals surface area (Å²) in [6.07, 6.45) is 12.2. The van der Waals surface area contributed by atoms with Crippen molar-refractivity contribution in [3.63, 3.8) is 0 Å². The molecule has 0 saturated carbocycles. The maximum Gasteiger partial charge on any atom is 0.222 e. The van der Waals surface area contributed by atoms with Crippen LogP contribution in [0.5, 0.6) is 0 Å². The summed E-state index contributed by atoms with van der Waals surface area (Å²) in [5.41, 5.74) is 1.33. The SMILES string of the molecule is CC(C)N1CCN(C(=O)CCC[C@@H]2[C@H]3CCCN4CCC[C@@H](CN2Cc2cccnc2)[C@@H]34)CC1. The minimum atomic E-state index is 0.374. The number of likely N-dealkylation sites (tertiary alicyclic amines) is 1. The molecular weight excluding hydrogens is 422 g/mol. The first kappa shape index (κ1) is 24.2. The summed E-state index contributed by atoms with van der Waals surface area (Å²) >= 11 is 0. The molecule has 5 rings (SSSR count). The minimum absolute atomic E-state index is 0.374. The fraction of sp³-hybridized carbons (Fsp3) is 0.786. The molecule has 0 N–H and O–H groups in total. The number of rotatable bonds is 7. The Labute approximate surface area is 206 Å². The first-order valence-electron chi connectivity index (χ1n) is 14.0. The van der Waals surface area contributed by atoms with Crippen LogP contribution < -0.4 is 0 Å². The van der Waals surface area contributed by atoms with Gasteiger partial charge in [0.2, 0.25) is 5.91 Å². The highest BCUT2D eigenvalue weighted by atomic mass is 16.2. The second kappa shape index (κ2) is 11.0. The topological polar surface area (TPSA) is 42.9 Å². The number of carbonyl (C=O) groups is 1. The van der Waals surface area contributed by atoms with Gasteiger partial charge in [0.15, 0.2) is 0 Å². The van der Waals surface area contributed by atoms with E-state index in [9.17, 15) is 4.79 Å². The normalized spacial score (nSPS) is 31.0. The third-order valence-corrected chi connectivity index (χ3v) is 9.17. The Morgan fingerprint density at radius 2 is 1.88 bits per heavy atom. The van der Waals surface area contributed by atoms with E-state index in [-0.39, 0.29) is 0 Å². The molecule has 4 aliphatic heterocycles. The molecule has 34 heavy (non-hydrogen) atoms. The standard InChI is InChI=1S/C28H45N5O/c1-22(2)30-15-17-31(18-16-30)27(34)11-3-10-26-25-9-6-14-32-13-5-8-24(28(25)32)21-33(26)20-23-7-4-12-29-19-23/h4,7,12,19,22,24-26,28H,3,5-6,8-11,13-18,20-21H2,1-2H3/t24-,25+,26+,28-/m0/s1. The molecule has 4 fully saturated rings. The fourth-order valence-electron chi connectivity index (χ4n) is 7.50. The lowest BCUT2D eigenvalue weighted by molar-refractivity contribution is -0.133. The number of carbonyl (C=O) groups excluding carboxylic acids is 1. The van der Waals surface area contributed by atoms with E-state index in [0.29, 0.717) is 24.4 Å². The van der Waals surface area contributed by atoms with Gasteiger partial charge < -0.3 is 4.90 Å². The third kappa shape index (κ3) is 5.34. The van der Waals surface area contributed by atoms with Crippen molar-refractivity contribution in [3.8, 4) is 0 Å². The van der Waals surface area contributed by atoms with E-state index in [1.807, 2.05) is 12.4 Å². The minimum Gasteiger partial charge on any atom is -0.340 e. The summed E-state index contributed by atoms with van der Waals surface area (Å²) in [5.74, 6) is 1.94. The van der Waals surface area contributed by atoms with Crippen molar-refractivity contribution < 1.29 is 4.79 Å². The second-order valence-corrected chi connectivity index (χ2v) is 11.5. The zero-order valence-electron chi connectivity index (χ0n) is 21.4. The van der Waals surface area contributed by atoms with Crippen LogP contribution in [0.15, 0.2) is 24.5 Å². The number of nitrogens with zero attached hydrogens (tertiary/aromatic N) is 5. The quantitative estimate of drug-likeness (QED) is 0.614. The summed E-state index contributed by atoms with van der Waals surface area (Å²) < 4.78 is 0. The smallest absolute Gasteiger partial charge is 0.222 e. The van der Waals surface area contributed by atoms with Gasteiger partial charge in [-0.2, -0.15) is 0 Å². The molecule has 1 aromatic rings. The van der Waals surface area contributed by atoms with Crippen molar-refractivity contribution in [3.05, 3.63) is 30.1 Å². The van der Waals surface area contributed by atoms with Gasteiger partial charge in [-0.05, 0) is 88.9 Å². The fourth-order valence-corrected chi connectivity index (χ4v) is 7.50. The average molecular weight is 468 g/mol. The second-order valence-electron chi connectivity index (χ2n) is 11.5. The third-order valence-electron chi connectivity index (χ3n) is 9.17. The number of piperidine rings is 3. The van der Waals surface area contributed by atoms with E-state index in [1.54, 1.807) is 0 Å². The summed E-state index contributed by atoms with van der Waals surface area (Å²) in [7, 11) is 0. The van der Waals surface area contributed by atoms with Crippen molar-refractivity contribution in [2.45, 2.75) is 83.5 Å². The first-order valence-corrected chi connectivity index (χ1v) is 14.0. The average Bonchev–Trinajstić information content (AvgIpc) is 2.86. The van der Waals surface area contributed by atoms with Crippen LogP contribution in [0.2, 0.25) is 0 Å². The van der Waals surface area contributed by atoms with Crippen LogP contribution in [0.25, 0.3) is 0 Å². The van der Waals surface area contributed by atoms with Crippen LogP contribution in [0.4, 0.5) is 0 Å². The largest absolute Gasteiger partial charge is 0.340 e. The number of pyridine rings is 1. The van der Waals surface area contributed by atoms with Crippen LogP contribution >= 0.6 is 0 Å². The Kier molecular flexibility index (Phi) is 7.87. The molecule has 5 heterocycles. The zero-order chi connectivity index (χ0) is 23.5. The Bertz CT molecular complexity index is 791. The predicted octanol–water partition coefficient (Wildman–Crippen LogP) is 3.48. The summed E-state index contributed by atoms with van der Waals surface area (Å²) in [6, 6.07) is 6.24. The van der Waals surface area contributed by atoms with Crippen LogP contribution in [0.1, 0.15) is 64.4 Å². The number of hydrogen-bond donors (Lipinski definition) is 0. The van der Waals surface area contributed by atoms with E-state index in [1.165, 1.54) is 50.9 Å². The molecule has 6 heteroatoms. The van der Waals surface area contributed by atoms with E-state index in [2.05, 4.69) is 50.6 Å². The molecule has 6 nitrogen and oxygen atoms in total. The Hall–Kier alpha value is -1.50. The maximum atomic E-state index is 13.0. The van der Waals surface area contributed by atoms with Crippen LogP contribution in [0.3, 0.4) is 0 Å². The molecule has 4 saturated heterocycles. The Balaban J connectivity index is 1.22. The number of amides is 1. The molecule has 4 atom stereocenters. The van der Waals surface area contributed by atoms with E-state index >= 15 is 0 Å². The van der Waals surface area contributed by atoms with Crippen molar-refractivity contribution in [2.75, 3.05) is 45.8 Å². The molecule has 1 aromatic heterocycles. The van der Waals surface area contributed by atoms with Crippen LogP contribution in [0, 0.1) is 11.8 Å². The van der Waals surface area contributed by atoms with Gasteiger partial charge in [-0.15, -0.1) is 0 Å². The highest BCUT2D eigenvalue weighted by Crippen LogP contribution is 2.43. The summed E-state index contributed by atoms with van der Waals surface area (Å²) in [5, 5.41) is 0. The van der Waals surface area contributed by atoms with Gasteiger partial charge in [-0.25, -0.2) is 0 Å². The number of aromatic nitrogens is 1. The molecular formula is C28H45N5O. The molecule has 4 aliphatic rings. The van der Waals surface area contributed by atoms with Gasteiger partial charge >= 0.3 is 0 Å². The molecule has 0 unspecified atom stereocenters. The van der Waals surface area contributed by atoms with E-state index in [0.717, 1.165) is 63.4 Å². The first-order chi connectivity index (χ1) is 16.6. The van der Waals surface area contributed by atoms with Gasteiger partial charge in [0.1, 0.15) is 0 Å². The molecule has 1 amide bonds. The van der Waals surface area contributed by atoms with Crippen molar-refractivity contribution >= 4 is 5.91 Å². The lowest BCUT2D eigenvalue weighted by Gasteiger charge is -2.57. The molecule has 188 valence electrons. The zero-order valence-corrected chi connectivity index (χ0v) is 21.4. The van der Waals surface area contributed by atoms with Crippen molar-refractivity contribution in [1.82, 2.24) is 24.6 Å². The Morgan fingerprint density at radius 1 is 1.09 bits per heavy atom. The van der Waals surface area contributed by atoms with Crippen molar-refractivity contribution in [1.29, 1.82) is 0 Å². The Morgan fingerprint density at radius 3 is 2.62 bits per heavy atom. The van der Waals surface area contributed by atoms with Gasteiger partial charge in [0.25, 0.3) is 0 Å². The summed E-state index contributed by atoms with van der Waals surface area (Å²) in [4.78, 5) is 27.6. The molecule has 0 bridgehead atoms. The molecule has 0 aliphatic carbocycles. The number of piperazine rings is 1. The lowest BCUT2D eigenvalue weighted by atomic mass is 9.69. The molecule has 0 radical (unpaired) electrons. The highest BCUT2D eigenvalue weighted by Gasteiger charge is 2.48. The predicted molar refractivity (Wildman–Crippen MR) is 136 cm³/mol. The molecule has 0 aromatic carbocycles. The van der Waals surface area contributed by atoms with E-state index < -0.39 is 0 Å².